The van der Waals surface area contributed by atoms with E-state index in [0.717, 1.165) is 28.1 Å². The summed E-state index contributed by atoms with van der Waals surface area (Å²) < 4.78 is 0. The summed E-state index contributed by atoms with van der Waals surface area (Å²) in [7, 11) is -2.71. The second-order valence-electron chi connectivity index (χ2n) is 21.2. The topological polar surface area (TPSA) is 32.9 Å². The van der Waals surface area contributed by atoms with Crippen molar-refractivity contribution in [3.05, 3.63) is 235 Å². The third-order valence-electron chi connectivity index (χ3n) is 13.7. The van der Waals surface area contributed by atoms with Crippen LogP contribution in [0.5, 0.6) is 0 Å². The van der Waals surface area contributed by atoms with Gasteiger partial charge in [-0.1, -0.05) is 257 Å². The molecular formula is C64H66AuN4Si-2. The Morgan fingerprint density at radius 2 is 0.886 bits per heavy atom. The fourth-order valence-electron chi connectivity index (χ4n) is 9.92. The van der Waals surface area contributed by atoms with Crippen LogP contribution in [0.2, 0.25) is 0 Å². The van der Waals surface area contributed by atoms with Crippen LogP contribution < -0.4 is 35.6 Å². The smallest absolute Gasteiger partial charge is 0.179 e. The van der Waals surface area contributed by atoms with Gasteiger partial charge >= 0.3 is 0 Å². The number of benzene rings is 8. The van der Waals surface area contributed by atoms with Crippen LogP contribution in [0.4, 0.5) is 11.4 Å². The van der Waals surface area contributed by atoms with E-state index in [4.69, 9.17) is 10.1 Å². The number of amidine groups is 1. The molecule has 0 amide bonds. The fraction of sp³-hybridized carbons (Fsp3) is 0.219. The zero-order valence-electron chi connectivity index (χ0n) is 42.4. The average Bonchev–Trinajstić information content (AvgIpc) is 3.97. The van der Waals surface area contributed by atoms with Crippen LogP contribution in [-0.4, -0.2) is 13.9 Å². The number of fused-ring (bicyclic) bond motifs is 3. The van der Waals surface area contributed by atoms with E-state index < -0.39 is 8.07 Å². The minimum absolute atomic E-state index is 0. The van der Waals surface area contributed by atoms with Gasteiger partial charge in [-0.15, -0.1) is 17.7 Å². The Bertz CT molecular complexity index is 3030. The van der Waals surface area contributed by atoms with E-state index in [2.05, 4.69) is 286 Å². The molecule has 70 heavy (non-hydrogen) atoms. The van der Waals surface area contributed by atoms with Gasteiger partial charge in [0.15, 0.2) is 8.07 Å². The zero-order valence-corrected chi connectivity index (χ0v) is 45.5. The first kappa shape index (κ1) is 50.2. The van der Waals surface area contributed by atoms with Crippen LogP contribution in [0, 0.1) is 6.67 Å². The number of nitrogens with zero attached hydrogens (tertiary/aromatic N) is 4. The van der Waals surface area contributed by atoms with Crippen molar-refractivity contribution in [2.24, 2.45) is 5.10 Å². The maximum absolute atomic E-state index is 5.37. The van der Waals surface area contributed by atoms with Gasteiger partial charge < -0.3 is 14.9 Å². The van der Waals surface area contributed by atoms with E-state index in [1.807, 2.05) is 0 Å². The molecule has 10 rings (SSSR count). The Morgan fingerprint density at radius 3 is 1.31 bits per heavy atom. The minimum Gasteiger partial charge on any atom is -0.657 e. The monoisotopic (exact) mass is 1120 g/mol. The SMILES string of the molecule is CC(C)(C)c1ccc2c(c1)[n-]c1cc(C(C)(C)C)ccc12.CC(C)c1cccc(C(C)C)c1N1[CH-]N(c2cccc([Si](c3ccccc3)(c3ccccc3)c3ccccc3)c2)C(c2ccccc2)=N1.[Au]. The van der Waals surface area contributed by atoms with Crippen molar-refractivity contribution >= 4 is 67.8 Å². The molecule has 2 heterocycles. The van der Waals surface area contributed by atoms with Crippen molar-refractivity contribution in [1.82, 2.24) is 4.98 Å². The van der Waals surface area contributed by atoms with Crippen molar-refractivity contribution in [1.29, 1.82) is 0 Å². The van der Waals surface area contributed by atoms with Gasteiger partial charge in [0, 0.05) is 39.3 Å². The van der Waals surface area contributed by atoms with E-state index in [0.29, 0.717) is 11.8 Å². The van der Waals surface area contributed by atoms with Crippen LogP contribution >= 0.6 is 0 Å². The van der Waals surface area contributed by atoms with Crippen LogP contribution in [0.25, 0.3) is 21.8 Å². The van der Waals surface area contributed by atoms with E-state index in [1.54, 1.807) is 0 Å². The molecule has 0 unspecified atom stereocenters. The van der Waals surface area contributed by atoms with Gasteiger partial charge in [-0.05, 0) is 88.6 Å². The maximum atomic E-state index is 5.37. The minimum atomic E-state index is -2.71. The first-order valence-corrected chi connectivity index (χ1v) is 26.6. The maximum Gasteiger partial charge on any atom is 0.179 e. The summed E-state index contributed by atoms with van der Waals surface area (Å²) in [5.41, 5.74) is 11.2. The molecule has 1 radical (unpaired) electrons. The summed E-state index contributed by atoms with van der Waals surface area (Å²) in [4.78, 5) is 7.14. The zero-order chi connectivity index (χ0) is 48.5. The Morgan fingerprint density at radius 1 is 0.471 bits per heavy atom. The molecule has 0 atom stereocenters. The first-order chi connectivity index (χ1) is 33.1. The standard InChI is InChI=1S/C44H42N3Si.C20H24N.Au/c1-33(2)41-29-18-30-42(34(3)4)43(41)47-32-46(44(45-47)35-19-9-5-10-20-35)36-21-17-28-40(31-36)48(37-22-11-6-12-23-37,38-24-13-7-14-25-38)39-26-15-8-16-27-39;1-19(2,3)13-7-9-15-16-10-8-14(20(4,5)6)12-18(16)21-17(15)11-13;/h5-34H,1-4H3;7-12H,1-6H3;/q2*-1;. The molecule has 0 fully saturated rings. The largest absolute Gasteiger partial charge is 0.657 e. The molecule has 8 aromatic carbocycles. The van der Waals surface area contributed by atoms with Gasteiger partial charge in [-0.2, -0.15) is 5.10 Å². The summed E-state index contributed by atoms with van der Waals surface area (Å²) in [5.74, 6) is 1.62. The molecular weight excluding hydrogens is 1050 g/mol. The van der Waals surface area contributed by atoms with Gasteiger partial charge in [-0.3, -0.25) is 0 Å². The second-order valence-corrected chi connectivity index (χ2v) is 25.0. The Hall–Kier alpha value is -6.21. The Balaban J connectivity index is 0.000000250. The third-order valence-corrected chi connectivity index (χ3v) is 18.5. The van der Waals surface area contributed by atoms with E-state index in [-0.39, 0.29) is 33.2 Å². The predicted molar refractivity (Wildman–Crippen MR) is 299 cm³/mol. The summed E-state index contributed by atoms with van der Waals surface area (Å²) in [6.07, 6.45) is 0. The molecule has 0 N–H and O–H groups in total. The van der Waals surface area contributed by atoms with Gasteiger partial charge in [0.2, 0.25) is 0 Å². The first-order valence-electron chi connectivity index (χ1n) is 24.6. The Kier molecular flexibility index (Phi) is 14.8. The molecule has 0 aliphatic carbocycles. The predicted octanol–water partition coefficient (Wildman–Crippen LogP) is 13.7. The summed E-state index contributed by atoms with van der Waals surface area (Å²) in [6, 6.07) is 73.2. The number of hydrazone groups is 1. The molecule has 0 saturated heterocycles. The second kappa shape index (κ2) is 20.6. The van der Waals surface area contributed by atoms with Crippen molar-refractivity contribution in [2.75, 3.05) is 9.91 Å². The molecule has 1 aliphatic heterocycles. The van der Waals surface area contributed by atoms with Crippen molar-refractivity contribution in [2.45, 2.75) is 91.9 Å². The molecule has 1 aromatic heterocycles. The number of aromatic nitrogens is 1. The summed E-state index contributed by atoms with van der Waals surface area (Å²) >= 11 is 0. The molecule has 359 valence electrons. The molecule has 9 aromatic rings. The summed E-state index contributed by atoms with van der Waals surface area (Å²) in [6.45, 7) is 24.7. The number of para-hydroxylation sites is 1. The van der Waals surface area contributed by atoms with Crippen LogP contribution in [0.3, 0.4) is 0 Å². The van der Waals surface area contributed by atoms with Gasteiger partial charge in [0.1, 0.15) is 5.84 Å². The quantitative estimate of drug-likeness (QED) is 0.0820. The van der Waals surface area contributed by atoms with Crippen LogP contribution in [-0.2, 0) is 33.2 Å². The third kappa shape index (κ3) is 9.91. The molecule has 6 heteroatoms. The van der Waals surface area contributed by atoms with Crippen LogP contribution in [0.15, 0.2) is 205 Å². The molecule has 0 bridgehead atoms. The number of hydrogen-bond donors (Lipinski definition) is 0. The van der Waals surface area contributed by atoms with Gasteiger partial charge in [-0.25, -0.2) is 0 Å². The molecule has 0 spiro atoms. The molecule has 1 aliphatic rings. The van der Waals surface area contributed by atoms with E-state index in [1.165, 1.54) is 59.5 Å². The van der Waals surface area contributed by atoms with Gasteiger partial charge in [0.05, 0.1) is 0 Å². The molecule has 4 nitrogen and oxygen atoms in total. The van der Waals surface area contributed by atoms with Crippen molar-refractivity contribution < 1.29 is 22.4 Å². The summed E-state index contributed by atoms with van der Waals surface area (Å²) in [5, 5.41) is 15.4. The van der Waals surface area contributed by atoms with Crippen molar-refractivity contribution in [3.63, 3.8) is 0 Å². The van der Waals surface area contributed by atoms with E-state index >= 15 is 0 Å². The van der Waals surface area contributed by atoms with Gasteiger partial charge in [0.25, 0.3) is 0 Å². The number of anilines is 2. The Labute approximate surface area is 434 Å². The van der Waals surface area contributed by atoms with E-state index in [9.17, 15) is 0 Å². The normalized spacial score (nSPS) is 13.1. The van der Waals surface area contributed by atoms with Crippen molar-refractivity contribution in [3.8, 4) is 0 Å². The molecule has 0 saturated carbocycles. The number of rotatable bonds is 9. The average molecular weight is 1120 g/mol. The van der Waals surface area contributed by atoms with Crippen LogP contribution in [0.1, 0.15) is 109 Å². The fourth-order valence-corrected chi connectivity index (χ4v) is 14.7. The number of hydrogen-bond acceptors (Lipinski definition) is 3.